The number of carbonyl (C=O) groups is 1. The van der Waals surface area contributed by atoms with Crippen molar-refractivity contribution >= 4 is 17.2 Å². The monoisotopic (exact) mass is 356 g/mol. The van der Waals surface area contributed by atoms with E-state index in [1.54, 1.807) is 11.3 Å². The number of thiophene rings is 1. The average molecular weight is 356 g/mol. The summed E-state index contributed by atoms with van der Waals surface area (Å²) in [5.41, 5.74) is 3.00. The summed E-state index contributed by atoms with van der Waals surface area (Å²) in [5, 5.41) is 5.44. The first-order valence-corrected chi connectivity index (χ1v) is 9.95. The first-order chi connectivity index (χ1) is 12.1. The zero-order chi connectivity index (χ0) is 17.4. The van der Waals surface area contributed by atoms with Gasteiger partial charge in [-0.3, -0.25) is 4.79 Å². The lowest BCUT2D eigenvalue weighted by atomic mass is 10.1. The van der Waals surface area contributed by atoms with Crippen LogP contribution in [0.4, 0.5) is 0 Å². The quantitative estimate of drug-likeness (QED) is 0.917. The summed E-state index contributed by atoms with van der Waals surface area (Å²) in [6, 6.07) is 2.34. The van der Waals surface area contributed by atoms with Crippen LogP contribution >= 0.6 is 11.3 Å². The van der Waals surface area contributed by atoms with Gasteiger partial charge in [0, 0.05) is 41.5 Å². The predicted molar refractivity (Wildman–Crippen MR) is 98.9 cm³/mol. The van der Waals surface area contributed by atoms with E-state index in [0.29, 0.717) is 18.5 Å². The van der Waals surface area contributed by atoms with E-state index in [1.807, 2.05) is 22.5 Å². The standard InChI is InChI=1S/C19H24N4OS/c1-12(2)17-8-13(11-25-17)19(24)23-7-5-15-14(10-23)9-21-18(22-15)16-4-3-6-20-16/h8-9,11-12,16,20H,3-7,10H2,1-2H3/t16-/m1/s1. The van der Waals surface area contributed by atoms with Gasteiger partial charge in [-0.25, -0.2) is 9.97 Å². The highest BCUT2D eigenvalue weighted by atomic mass is 32.1. The van der Waals surface area contributed by atoms with Gasteiger partial charge in [0.15, 0.2) is 0 Å². The molecule has 0 radical (unpaired) electrons. The van der Waals surface area contributed by atoms with Crippen molar-refractivity contribution in [3.05, 3.63) is 45.2 Å². The number of amides is 1. The topological polar surface area (TPSA) is 58.1 Å². The Morgan fingerprint density at radius 1 is 1.44 bits per heavy atom. The summed E-state index contributed by atoms with van der Waals surface area (Å²) < 4.78 is 0. The SMILES string of the molecule is CC(C)c1cc(C(=O)N2CCc3nc([C@H]4CCCN4)ncc3C2)cs1. The molecule has 1 saturated heterocycles. The van der Waals surface area contributed by atoms with E-state index >= 15 is 0 Å². The van der Waals surface area contributed by atoms with Gasteiger partial charge in [-0.15, -0.1) is 11.3 Å². The highest BCUT2D eigenvalue weighted by Gasteiger charge is 2.26. The summed E-state index contributed by atoms with van der Waals surface area (Å²) in [6.45, 7) is 6.70. The number of fused-ring (bicyclic) bond motifs is 1. The van der Waals surface area contributed by atoms with Crippen LogP contribution in [0.3, 0.4) is 0 Å². The first kappa shape index (κ1) is 16.7. The van der Waals surface area contributed by atoms with Crippen LogP contribution in [-0.2, 0) is 13.0 Å². The van der Waals surface area contributed by atoms with Crippen molar-refractivity contribution in [2.24, 2.45) is 0 Å². The molecule has 5 nitrogen and oxygen atoms in total. The van der Waals surface area contributed by atoms with Crippen molar-refractivity contribution in [1.29, 1.82) is 0 Å². The molecule has 25 heavy (non-hydrogen) atoms. The molecule has 132 valence electrons. The fourth-order valence-electron chi connectivity index (χ4n) is 3.53. The molecule has 0 saturated carbocycles. The number of aromatic nitrogens is 2. The maximum absolute atomic E-state index is 12.8. The zero-order valence-electron chi connectivity index (χ0n) is 14.8. The van der Waals surface area contributed by atoms with Crippen molar-refractivity contribution in [1.82, 2.24) is 20.2 Å². The van der Waals surface area contributed by atoms with Crippen LogP contribution in [0.15, 0.2) is 17.6 Å². The van der Waals surface area contributed by atoms with Gasteiger partial charge in [0.05, 0.1) is 17.3 Å². The van der Waals surface area contributed by atoms with Crippen LogP contribution in [0.25, 0.3) is 0 Å². The van der Waals surface area contributed by atoms with E-state index in [0.717, 1.165) is 48.6 Å². The molecule has 2 aliphatic rings. The maximum atomic E-state index is 12.8. The van der Waals surface area contributed by atoms with Crippen LogP contribution in [0.1, 0.15) is 71.0 Å². The first-order valence-electron chi connectivity index (χ1n) is 9.07. The van der Waals surface area contributed by atoms with Gasteiger partial charge in [-0.2, -0.15) is 0 Å². The number of carbonyl (C=O) groups excluding carboxylic acids is 1. The molecule has 2 aromatic heterocycles. The fraction of sp³-hybridized carbons (Fsp3) is 0.526. The van der Waals surface area contributed by atoms with E-state index in [4.69, 9.17) is 4.98 Å². The molecule has 0 spiro atoms. The second kappa shape index (κ2) is 6.84. The minimum absolute atomic E-state index is 0.121. The molecule has 1 N–H and O–H groups in total. The van der Waals surface area contributed by atoms with Crippen molar-refractivity contribution in [2.45, 2.75) is 51.6 Å². The van der Waals surface area contributed by atoms with Gasteiger partial charge < -0.3 is 10.2 Å². The van der Waals surface area contributed by atoms with Crippen LogP contribution in [0, 0.1) is 0 Å². The number of hydrogen-bond acceptors (Lipinski definition) is 5. The molecule has 1 fully saturated rings. The second-order valence-corrected chi connectivity index (χ2v) is 8.16. The van der Waals surface area contributed by atoms with Gasteiger partial charge in [0.2, 0.25) is 0 Å². The number of nitrogens with zero attached hydrogens (tertiary/aromatic N) is 3. The molecule has 0 aromatic carbocycles. The molecule has 1 atom stereocenters. The normalized spacial score (nSPS) is 20.1. The number of rotatable bonds is 3. The summed E-state index contributed by atoms with van der Waals surface area (Å²) in [7, 11) is 0. The average Bonchev–Trinajstić information content (AvgIpc) is 3.32. The van der Waals surface area contributed by atoms with Gasteiger partial charge in [0.25, 0.3) is 5.91 Å². The smallest absolute Gasteiger partial charge is 0.255 e. The van der Waals surface area contributed by atoms with E-state index < -0.39 is 0 Å². The Labute approximate surface area is 152 Å². The van der Waals surface area contributed by atoms with E-state index in [1.165, 1.54) is 11.3 Å². The van der Waals surface area contributed by atoms with E-state index in [9.17, 15) is 4.79 Å². The minimum atomic E-state index is 0.121. The second-order valence-electron chi connectivity index (χ2n) is 7.22. The highest BCUT2D eigenvalue weighted by molar-refractivity contribution is 7.10. The van der Waals surface area contributed by atoms with Crippen LogP contribution < -0.4 is 5.32 Å². The van der Waals surface area contributed by atoms with E-state index in [-0.39, 0.29) is 5.91 Å². The molecule has 2 aliphatic heterocycles. The molecule has 6 heteroatoms. The van der Waals surface area contributed by atoms with Crippen LogP contribution in [0.5, 0.6) is 0 Å². The van der Waals surface area contributed by atoms with Crippen molar-refractivity contribution in [2.75, 3.05) is 13.1 Å². The Morgan fingerprint density at radius 3 is 3.04 bits per heavy atom. The molecule has 4 rings (SSSR count). The lowest BCUT2D eigenvalue weighted by Crippen LogP contribution is -2.36. The van der Waals surface area contributed by atoms with Crippen molar-refractivity contribution < 1.29 is 4.79 Å². The fourth-order valence-corrected chi connectivity index (χ4v) is 4.43. The molecular weight excluding hydrogens is 332 g/mol. The summed E-state index contributed by atoms with van der Waals surface area (Å²) in [5.74, 6) is 1.50. The minimum Gasteiger partial charge on any atom is -0.334 e. The highest BCUT2D eigenvalue weighted by Crippen LogP contribution is 2.26. The molecule has 0 bridgehead atoms. The van der Waals surface area contributed by atoms with Crippen LogP contribution in [0.2, 0.25) is 0 Å². The zero-order valence-corrected chi connectivity index (χ0v) is 15.6. The number of nitrogens with one attached hydrogen (secondary N) is 1. The third kappa shape index (κ3) is 3.33. The summed E-state index contributed by atoms with van der Waals surface area (Å²) >= 11 is 1.67. The lowest BCUT2D eigenvalue weighted by Gasteiger charge is -2.28. The Hall–Kier alpha value is -1.79. The number of hydrogen-bond donors (Lipinski definition) is 1. The van der Waals surface area contributed by atoms with E-state index in [2.05, 4.69) is 24.1 Å². The molecular formula is C19H24N4OS. The van der Waals surface area contributed by atoms with Crippen LogP contribution in [-0.4, -0.2) is 33.9 Å². The Bertz CT molecular complexity index is 779. The maximum Gasteiger partial charge on any atom is 0.255 e. The third-order valence-corrected chi connectivity index (χ3v) is 6.28. The third-order valence-electron chi connectivity index (χ3n) is 5.05. The summed E-state index contributed by atoms with van der Waals surface area (Å²) in [4.78, 5) is 25.3. The van der Waals surface area contributed by atoms with Gasteiger partial charge in [-0.1, -0.05) is 13.8 Å². The van der Waals surface area contributed by atoms with Gasteiger partial charge in [-0.05, 0) is 31.4 Å². The van der Waals surface area contributed by atoms with Gasteiger partial charge >= 0.3 is 0 Å². The Kier molecular flexibility index (Phi) is 4.56. The summed E-state index contributed by atoms with van der Waals surface area (Å²) in [6.07, 6.45) is 5.03. The molecule has 0 aliphatic carbocycles. The Morgan fingerprint density at radius 2 is 2.32 bits per heavy atom. The molecule has 4 heterocycles. The van der Waals surface area contributed by atoms with Gasteiger partial charge in [0.1, 0.15) is 5.82 Å². The lowest BCUT2D eigenvalue weighted by molar-refractivity contribution is 0.0733. The van der Waals surface area contributed by atoms with Crippen molar-refractivity contribution in [3.63, 3.8) is 0 Å². The largest absolute Gasteiger partial charge is 0.334 e. The molecule has 1 amide bonds. The Balaban J connectivity index is 1.49. The molecule has 0 unspecified atom stereocenters. The van der Waals surface area contributed by atoms with Crippen molar-refractivity contribution in [3.8, 4) is 0 Å². The predicted octanol–water partition coefficient (Wildman–Crippen LogP) is 3.28. The molecule has 2 aromatic rings.